The van der Waals surface area contributed by atoms with Gasteiger partial charge in [0.25, 0.3) is 0 Å². The van der Waals surface area contributed by atoms with Crippen LogP contribution in [0.1, 0.15) is 43.1 Å². The van der Waals surface area contributed by atoms with Gasteiger partial charge in [-0.3, -0.25) is 24.9 Å². The van der Waals surface area contributed by atoms with Crippen LogP contribution in [-0.2, 0) is 9.53 Å². The first-order chi connectivity index (χ1) is 16.0. The Morgan fingerprint density at radius 3 is 2.44 bits per heavy atom. The lowest BCUT2D eigenvalue weighted by atomic mass is 10.0. The third kappa shape index (κ3) is 6.86. The molecular formula is C25H25ClN4O4. The third-order valence-electron chi connectivity index (χ3n) is 4.57. The van der Waals surface area contributed by atoms with E-state index in [4.69, 9.17) is 16.3 Å². The van der Waals surface area contributed by atoms with Crippen LogP contribution in [0.2, 0.25) is 5.02 Å². The number of hydrogen-bond donors (Lipinski definition) is 2. The fourth-order valence-electron chi connectivity index (χ4n) is 3.04. The highest BCUT2D eigenvalue weighted by atomic mass is 35.5. The first kappa shape index (κ1) is 24.9. The van der Waals surface area contributed by atoms with Gasteiger partial charge in [-0.25, -0.2) is 4.79 Å². The number of aryl methyl sites for hydroxylation is 1. The van der Waals surface area contributed by atoms with E-state index < -0.39 is 24.0 Å². The highest BCUT2D eigenvalue weighted by molar-refractivity contribution is 6.32. The Labute approximate surface area is 202 Å². The van der Waals surface area contributed by atoms with Crippen molar-refractivity contribution in [3.8, 4) is 11.3 Å². The molecule has 176 valence electrons. The van der Waals surface area contributed by atoms with Gasteiger partial charge in [0.15, 0.2) is 5.78 Å². The minimum absolute atomic E-state index is 0.257. The van der Waals surface area contributed by atoms with Crippen molar-refractivity contribution in [2.24, 2.45) is 0 Å². The molecule has 2 N–H and O–H groups in total. The van der Waals surface area contributed by atoms with Crippen molar-refractivity contribution in [3.05, 3.63) is 71.1 Å². The van der Waals surface area contributed by atoms with Gasteiger partial charge >= 0.3 is 6.09 Å². The average molecular weight is 481 g/mol. The summed E-state index contributed by atoms with van der Waals surface area (Å²) in [5.74, 6) is -0.926. The van der Waals surface area contributed by atoms with Crippen LogP contribution in [0.4, 0.5) is 16.2 Å². The molecule has 9 heteroatoms. The second-order valence-corrected chi connectivity index (χ2v) is 9.00. The van der Waals surface area contributed by atoms with E-state index in [1.807, 2.05) is 6.07 Å². The molecule has 0 radical (unpaired) electrons. The fourth-order valence-corrected chi connectivity index (χ4v) is 3.21. The Morgan fingerprint density at radius 2 is 1.76 bits per heavy atom. The quantitative estimate of drug-likeness (QED) is 0.347. The minimum Gasteiger partial charge on any atom is -0.444 e. The van der Waals surface area contributed by atoms with Gasteiger partial charge in [0.05, 0.1) is 29.7 Å². The van der Waals surface area contributed by atoms with E-state index in [0.717, 1.165) is 0 Å². The van der Waals surface area contributed by atoms with E-state index in [-0.39, 0.29) is 11.5 Å². The molecule has 2 aromatic carbocycles. The third-order valence-corrected chi connectivity index (χ3v) is 4.98. The van der Waals surface area contributed by atoms with E-state index in [2.05, 4.69) is 20.6 Å². The lowest BCUT2D eigenvalue weighted by Gasteiger charge is -2.21. The first-order valence-electron chi connectivity index (χ1n) is 10.5. The fraction of sp³-hybridized carbons (Fsp3) is 0.240. The number of ketones is 1. The molecule has 0 spiro atoms. The lowest BCUT2D eigenvalue weighted by Crippen LogP contribution is -2.27. The van der Waals surface area contributed by atoms with Crippen LogP contribution in [-0.4, -0.2) is 33.4 Å². The van der Waals surface area contributed by atoms with Crippen molar-refractivity contribution >= 4 is 40.8 Å². The Bertz CT molecular complexity index is 1220. The molecule has 0 unspecified atom stereocenters. The number of rotatable bonds is 6. The predicted octanol–water partition coefficient (Wildman–Crippen LogP) is 5.66. The zero-order valence-corrected chi connectivity index (χ0v) is 20.1. The van der Waals surface area contributed by atoms with Gasteiger partial charge in [-0.2, -0.15) is 0 Å². The van der Waals surface area contributed by atoms with E-state index >= 15 is 0 Å². The van der Waals surface area contributed by atoms with Gasteiger partial charge in [0.2, 0.25) is 5.91 Å². The summed E-state index contributed by atoms with van der Waals surface area (Å²) in [5.41, 5.74) is 2.27. The van der Waals surface area contributed by atoms with Gasteiger partial charge < -0.3 is 10.1 Å². The van der Waals surface area contributed by atoms with E-state index in [0.29, 0.717) is 33.1 Å². The van der Waals surface area contributed by atoms with E-state index in [1.165, 1.54) is 6.07 Å². The summed E-state index contributed by atoms with van der Waals surface area (Å²) in [6, 6.07) is 9.96. The summed E-state index contributed by atoms with van der Waals surface area (Å²) in [6.07, 6.45) is 3.64. The molecule has 3 rings (SSSR count). The number of Topliss-reactive ketones (excluding diaryl/α,β-unsaturated/α-hetero) is 1. The molecule has 0 atom stereocenters. The number of anilines is 2. The molecule has 0 bridgehead atoms. The molecule has 0 saturated carbocycles. The highest BCUT2D eigenvalue weighted by Crippen LogP contribution is 2.30. The van der Waals surface area contributed by atoms with Crippen LogP contribution in [0.15, 0.2) is 55.0 Å². The van der Waals surface area contributed by atoms with Gasteiger partial charge in [-0.05, 0) is 51.5 Å². The zero-order chi connectivity index (χ0) is 24.9. The van der Waals surface area contributed by atoms with Crippen LogP contribution in [0.3, 0.4) is 0 Å². The van der Waals surface area contributed by atoms with Gasteiger partial charge in [-0.1, -0.05) is 29.8 Å². The Hall–Kier alpha value is -3.78. The molecule has 0 aliphatic heterocycles. The maximum Gasteiger partial charge on any atom is 0.412 e. The minimum atomic E-state index is -0.693. The zero-order valence-electron chi connectivity index (χ0n) is 19.3. The Balaban J connectivity index is 1.74. The Morgan fingerprint density at radius 1 is 1.03 bits per heavy atom. The number of aromatic nitrogens is 2. The molecule has 1 aromatic heterocycles. The average Bonchev–Trinajstić information content (AvgIpc) is 2.76. The van der Waals surface area contributed by atoms with Gasteiger partial charge in [0, 0.05) is 28.5 Å². The molecule has 1 heterocycles. The number of carbonyl (C=O) groups excluding carboxylic acids is 3. The number of ether oxygens (including phenoxy) is 1. The maximum absolute atomic E-state index is 12.8. The van der Waals surface area contributed by atoms with Crippen LogP contribution in [0.25, 0.3) is 11.3 Å². The van der Waals surface area contributed by atoms with Crippen molar-refractivity contribution in [3.63, 3.8) is 0 Å². The standard InChI is InChI=1S/C25H25ClN4O4/c1-15-10-19(30-24(33)34-25(2,3)4)20(12-18(15)26)29-23(32)13-22(31)17-7-5-6-16(11-17)21-14-27-8-9-28-21/h5-12,14H,13H2,1-4H3,(H,29,32)(H,30,33). The SMILES string of the molecule is Cc1cc(NC(=O)OC(C)(C)C)c(NC(=O)CC(=O)c2cccc(-c3cnccn3)c2)cc1Cl. The second-order valence-electron chi connectivity index (χ2n) is 8.59. The lowest BCUT2D eigenvalue weighted by molar-refractivity contribution is -0.115. The molecule has 2 amide bonds. The van der Waals surface area contributed by atoms with E-state index in [9.17, 15) is 14.4 Å². The summed E-state index contributed by atoms with van der Waals surface area (Å²) < 4.78 is 5.28. The van der Waals surface area contributed by atoms with Gasteiger partial charge in [-0.15, -0.1) is 0 Å². The molecule has 34 heavy (non-hydrogen) atoms. The molecule has 0 aliphatic rings. The van der Waals surface area contributed by atoms with Crippen LogP contribution >= 0.6 is 11.6 Å². The number of nitrogens with one attached hydrogen (secondary N) is 2. The van der Waals surface area contributed by atoms with Crippen molar-refractivity contribution in [2.45, 2.75) is 39.7 Å². The molecule has 3 aromatic rings. The molecule has 0 aliphatic carbocycles. The van der Waals surface area contributed by atoms with Crippen molar-refractivity contribution in [1.29, 1.82) is 0 Å². The number of halogens is 1. The van der Waals surface area contributed by atoms with Crippen LogP contribution in [0, 0.1) is 6.92 Å². The Kier molecular flexibility index (Phi) is 7.63. The number of hydrogen-bond acceptors (Lipinski definition) is 6. The molecule has 8 nitrogen and oxygen atoms in total. The monoisotopic (exact) mass is 480 g/mol. The van der Waals surface area contributed by atoms with Crippen LogP contribution < -0.4 is 10.6 Å². The summed E-state index contributed by atoms with van der Waals surface area (Å²) in [7, 11) is 0. The summed E-state index contributed by atoms with van der Waals surface area (Å²) in [4.78, 5) is 45.9. The normalized spacial score (nSPS) is 11.0. The number of carbonyl (C=O) groups is 3. The maximum atomic E-state index is 12.8. The van der Waals surface area contributed by atoms with Crippen molar-refractivity contribution in [1.82, 2.24) is 9.97 Å². The summed E-state index contributed by atoms with van der Waals surface area (Å²) in [5, 5.41) is 5.67. The van der Waals surface area contributed by atoms with Crippen LogP contribution in [0.5, 0.6) is 0 Å². The second kappa shape index (κ2) is 10.4. The smallest absolute Gasteiger partial charge is 0.412 e. The topological polar surface area (TPSA) is 110 Å². The molecule has 0 fully saturated rings. The first-order valence-corrected chi connectivity index (χ1v) is 10.9. The predicted molar refractivity (Wildman–Crippen MR) is 131 cm³/mol. The number of amides is 2. The highest BCUT2D eigenvalue weighted by Gasteiger charge is 2.20. The summed E-state index contributed by atoms with van der Waals surface area (Å²) in [6.45, 7) is 7.00. The number of nitrogens with zero attached hydrogens (tertiary/aromatic N) is 2. The van der Waals surface area contributed by atoms with Crippen molar-refractivity contribution in [2.75, 3.05) is 10.6 Å². The van der Waals surface area contributed by atoms with Gasteiger partial charge in [0.1, 0.15) is 5.60 Å². The van der Waals surface area contributed by atoms with Crippen molar-refractivity contribution < 1.29 is 19.1 Å². The summed E-state index contributed by atoms with van der Waals surface area (Å²) >= 11 is 6.22. The number of benzene rings is 2. The molecule has 0 saturated heterocycles. The van der Waals surface area contributed by atoms with E-state index in [1.54, 1.807) is 70.6 Å². The molecular weight excluding hydrogens is 456 g/mol. The largest absolute Gasteiger partial charge is 0.444 e.